The van der Waals surface area contributed by atoms with Crippen LogP contribution >= 0.6 is 12.2 Å². The Bertz CT molecular complexity index is 340. The van der Waals surface area contributed by atoms with Crippen LogP contribution in [0.4, 0.5) is 0 Å². The quantitative estimate of drug-likeness (QED) is 0.756. The molecule has 0 unspecified atom stereocenters. The number of thiocarbonyl (C=S) groups is 1. The summed E-state index contributed by atoms with van der Waals surface area (Å²) in [6.07, 6.45) is 6.82. The van der Waals surface area contributed by atoms with Crippen LogP contribution in [0.25, 0.3) is 0 Å². The molecule has 2 aliphatic rings. The monoisotopic (exact) mass is 283 g/mol. The minimum Gasteiger partial charge on any atom is -0.369 e. The summed E-state index contributed by atoms with van der Waals surface area (Å²) in [7, 11) is 0. The third-order valence-corrected chi connectivity index (χ3v) is 4.98. The van der Waals surface area contributed by atoms with E-state index in [4.69, 9.17) is 18.0 Å². The van der Waals surface area contributed by atoms with Gasteiger partial charge in [-0.1, -0.05) is 19.8 Å². The van der Waals surface area contributed by atoms with E-state index in [1.807, 2.05) is 0 Å². The molecule has 0 aromatic carbocycles. The van der Waals surface area contributed by atoms with Crippen LogP contribution in [0, 0.1) is 11.8 Å². The molecule has 0 spiro atoms. The number of nitrogens with one attached hydrogen (secondary N) is 1. The summed E-state index contributed by atoms with van der Waals surface area (Å²) in [5.74, 6) is 0.571. The van der Waals surface area contributed by atoms with Crippen molar-refractivity contribution in [3.05, 3.63) is 0 Å². The minimum absolute atomic E-state index is 0.0349. The fraction of sp³-hybridized carbons (Fsp3) is 0.857. The van der Waals surface area contributed by atoms with Gasteiger partial charge in [0.15, 0.2) is 5.11 Å². The van der Waals surface area contributed by atoms with Gasteiger partial charge in [-0.3, -0.25) is 4.79 Å². The summed E-state index contributed by atoms with van der Waals surface area (Å²) in [5, 5.41) is 4.39. The summed E-state index contributed by atoms with van der Waals surface area (Å²) >= 11 is 5.51. The topological polar surface area (TPSA) is 58.4 Å². The number of hydrogen-bond acceptors (Lipinski definition) is 2. The summed E-state index contributed by atoms with van der Waals surface area (Å²) < 4.78 is 0. The third-order valence-electron chi connectivity index (χ3n) is 4.60. The van der Waals surface area contributed by atoms with E-state index in [2.05, 4.69) is 17.1 Å². The molecule has 4 nitrogen and oxygen atoms in total. The van der Waals surface area contributed by atoms with Gasteiger partial charge in [0, 0.05) is 25.0 Å². The van der Waals surface area contributed by atoms with Crippen LogP contribution in [-0.4, -0.2) is 35.1 Å². The summed E-state index contributed by atoms with van der Waals surface area (Å²) in [6.45, 7) is 4.00. The highest BCUT2D eigenvalue weighted by Crippen LogP contribution is 2.24. The lowest BCUT2D eigenvalue weighted by atomic mass is 9.86. The predicted octanol–water partition coefficient (Wildman–Crippen LogP) is 1.64. The molecule has 2 rings (SSSR count). The first-order chi connectivity index (χ1) is 9.08. The maximum Gasteiger partial charge on any atom is 0.220 e. The molecule has 1 saturated heterocycles. The van der Waals surface area contributed by atoms with Gasteiger partial charge in [0.25, 0.3) is 0 Å². The van der Waals surface area contributed by atoms with Crippen LogP contribution in [0.15, 0.2) is 0 Å². The van der Waals surface area contributed by atoms with Gasteiger partial charge in [-0.15, -0.1) is 0 Å². The molecule has 1 heterocycles. The minimum atomic E-state index is -0.167. The van der Waals surface area contributed by atoms with Crippen molar-refractivity contribution >= 4 is 23.2 Å². The number of nitrogens with zero attached hydrogens (tertiary/aromatic N) is 1. The standard InChI is InChI=1S/C14H25N3OS/c1-10-4-2-3-5-12(10)16-14(19)17-8-6-11(7-9-17)13(15)18/h10-12H,2-9H2,1H3,(H2,15,18)(H,16,19)/t10-,12-/m1/s1. The van der Waals surface area contributed by atoms with Crippen molar-refractivity contribution in [2.45, 2.75) is 51.5 Å². The molecule has 1 saturated carbocycles. The Morgan fingerprint density at radius 3 is 2.42 bits per heavy atom. The van der Waals surface area contributed by atoms with Crippen LogP contribution in [0.1, 0.15) is 45.4 Å². The zero-order chi connectivity index (χ0) is 13.8. The highest BCUT2D eigenvalue weighted by molar-refractivity contribution is 7.80. The molecule has 1 aliphatic carbocycles. The molecular formula is C14H25N3OS. The van der Waals surface area contributed by atoms with Gasteiger partial charge in [0.05, 0.1) is 0 Å². The number of likely N-dealkylation sites (tertiary alicyclic amines) is 1. The largest absolute Gasteiger partial charge is 0.369 e. The second kappa shape index (κ2) is 6.55. The smallest absolute Gasteiger partial charge is 0.220 e. The number of piperidine rings is 1. The molecule has 3 N–H and O–H groups in total. The SMILES string of the molecule is C[C@@H]1CCCC[C@H]1NC(=S)N1CCC(C(N)=O)CC1. The maximum atomic E-state index is 11.1. The zero-order valence-electron chi connectivity index (χ0n) is 11.7. The molecule has 5 heteroatoms. The van der Waals surface area contributed by atoms with Gasteiger partial charge in [0.2, 0.25) is 5.91 Å². The highest BCUT2D eigenvalue weighted by atomic mass is 32.1. The van der Waals surface area contributed by atoms with Gasteiger partial charge < -0.3 is 16.0 Å². The predicted molar refractivity (Wildman–Crippen MR) is 80.6 cm³/mol. The molecule has 0 aromatic rings. The first kappa shape index (κ1) is 14.6. The van der Waals surface area contributed by atoms with Gasteiger partial charge in [-0.05, 0) is 43.8 Å². The molecule has 2 atom stereocenters. The van der Waals surface area contributed by atoms with E-state index in [0.29, 0.717) is 12.0 Å². The van der Waals surface area contributed by atoms with Crippen LogP contribution in [0.5, 0.6) is 0 Å². The highest BCUT2D eigenvalue weighted by Gasteiger charge is 2.27. The second-order valence-electron chi connectivity index (χ2n) is 5.98. The molecule has 0 aromatic heterocycles. The Morgan fingerprint density at radius 1 is 1.21 bits per heavy atom. The number of amides is 1. The molecule has 1 aliphatic heterocycles. The maximum absolute atomic E-state index is 11.1. The van der Waals surface area contributed by atoms with Gasteiger partial charge in [-0.2, -0.15) is 0 Å². The molecule has 0 radical (unpaired) electrons. The van der Waals surface area contributed by atoms with Crippen LogP contribution in [-0.2, 0) is 4.79 Å². The Balaban J connectivity index is 1.79. The van der Waals surface area contributed by atoms with Crippen LogP contribution in [0.2, 0.25) is 0 Å². The van der Waals surface area contributed by atoms with E-state index in [9.17, 15) is 4.79 Å². The van der Waals surface area contributed by atoms with Crippen molar-refractivity contribution in [3.63, 3.8) is 0 Å². The van der Waals surface area contributed by atoms with Crippen molar-refractivity contribution < 1.29 is 4.79 Å². The van der Waals surface area contributed by atoms with E-state index < -0.39 is 0 Å². The lowest BCUT2D eigenvalue weighted by Crippen LogP contribution is -2.50. The fourth-order valence-electron chi connectivity index (χ4n) is 3.15. The number of nitrogens with two attached hydrogens (primary N) is 1. The zero-order valence-corrected chi connectivity index (χ0v) is 12.5. The van der Waals surface area contributed by atoms with Crippen molar-refractivity contribution in [1.29, 1.82) is 0 Å². The molecular weight excluding hydrogens is 258 g/mol. The van der Waals surface area contributed by atoms with E-state index in [1.54, 1.807) is 0 Å². The molecule has 0 bridgehead atoms. The number of carbonyl (C=O) groups is 1. The van der Waals surface area contributed by atoms with Gasteiger partial charge >= 0.3 is 0 Å². The molecule has 1 amide bonds. The first-order valence-electron chi connectivity index (χ1n) is 7.42. The van der Waals surface area contributed by atoms with E-state index >= 15 is 0 Å². The van der Waals surface area contributed by atoms with Crippen LogP contribution < -0.4 is 11.1 Å². The van der Waals surface area contributed by atoms with Gasteiger partial charge in [-0.25, -0.2) is 0 Å². The van der Waals surface area contributed by atoms with Crippen molar-refractivity contribution in [3.8, 4) is 0 Å². The normalized spacial score (nSPS) is 29.0. The van der Waals surface area contributed by atoms with Crippen molar-refractivity contribution in [1.82, 2.24) is 10.2 Å². The summed E-state index contributed by atoms with van der Waals surface area (Å²) in [5.41, 5.74) is 5.35. The van der Waals surface area contributed by atoms with Crippen LogP contribution in [0.3, 0.4) is 0 Å². The van der Waals surface area contributed by atoms with Crippen molar-refractivity contribution in [2.75, 3.05) is 13.1 Å². The Kier molecular flexibility index (Phi) is 5.02. The summed E-state index contributed by atoms with van der Waals surface area (Å²) in [4.78, 5) is 13.3. The number of rotatable bonds is 2. The first-order valence-corrected chi connectivity index (χ1v) is 7.83. The average Bonchev–Trinajstić information content (AvgIpc) is 2.41. The summed E-state index contributed by atoms with van der Waals surface area (Å²) in [6, 6.07) is 0.523. The lowest BCUT2D eigenvalue weighted by molar-refractivity contribution is -0.122. The number of primary amides is 1. The molecule has 2 fully saturated rings. The Hall–Kier alpha value is -0.840. The molecule has 19 heavy (non-hydrogen) atoms. The van der Waals surface area contributed by atoms with E-state index in [1.165, 1.54) is 25.7 Å². The lowest BCUT2D eigenvalue weighted by Gasteiger charge is -2.37. The Labute approximate surface area is 121 Å². The van der Waals surface area contributed by atoms with E-state index in [-0.39, 0.29) is 11.8 Å². The third kappa shape index (κ3) is 3.81. The Morgan fingerprint density at radius 2 is 1.84 bits per heavy atom. The number of hydrogen-bond donors (Lipinski definition) is 2. The fourth-order valence-corrected chi connectivity index (χ4v) is 3.48. The average molecular weight is 283 g/mol. The van der Waals surface area contributed by atoms with Gasteiger partial charge in [0.1, 0.15) is 0 Å². The molecule has 108 valence electrons. The van der Waals surface area contributed by atoms with E-state index in [0.717, 1.165) is 31.0 Å². The van der Waals surface area contributed by atoms with Crippen molar-refractivity contribution in [2.24, 2.45) is 17.6 Å². The second-order valence-corrected chi connectivity index (χ2v) is 6.37. The number of carbonyl (C=O) groups excluding carboxylic acids is 1.